The fourth-order valence-corrected chi connectivity index (χ4v) is 2.76. The Labute approximate surface area is 133 Å². The van der Waals surface area contributed by atoms with E-state index < -0.39 is 0 Å². The summed E-state index contributed by atoms with van der Waals surface area (Å²) in [6.07, 6.45) is 0. The van der Waals surface area contributed by atoms with Crippen molar-refractivity contribution in [2.24, 2.45) is 0 Å². The first-order valence-electron chi connectivity index (χ1n) is 6.60. The third-order valence-corrected chi connectivity index (χ3v) is 3.89. The Morgan fingerprint density at radius 3 is 2.95 bits per heavy atom. The molecule has 0 bridgehead atoms. The standard InChI is InChI=1S/C15H17ClN2O2S/c1-4-18(8-10(2)3)14(19)9-21-15-17-12-6-5-11(16)7-13(12)20-15/h5-7H,2,4,8-9H2,1,3H3. The Hall–Kier alpha value is -1.46. The minimum atomic E-state index is 0.0470. The van der Waals surface area contributed by atoms with E-state index in [-0.39, 0.29) is 5.91 Å². The summed E-state index contributed by atoms with van der Waals surface area (Å²) in [5.41, 5.74) is 2.34. The van der Waals surface area contributed by atoms with Gasteiger partial charge in [0.25, 0.3) is 5.22 Å². The quantitative estimate of drug-likeness (QED) is 0.595. The number of benzene rings is 1. The van der Waals surface area contributed by atoms with Crippen LogP contribution in [0.1, 0.15) is 13.8 Å². The monoisotopic (exact) mass is 324 g/mol. The zero-order valence-electron chi connectivity index (χ0n) is 12.1. The van der Waals surface area contributed by atoms with Crippen LogP contribution >= 0.6 is 23.4 Å². The minimum Gasteiger partial charge on any atom is -0.431 e. The molecule has 0 aliphatic rings. The van der Waals surface area contributed by atoms with Crippen molar-refractivity contribution in [3.8, 4) is 0 Å². The maximum absolute atomic E-state index is 12.1. The van der Waals surface area contributed by atoms with Gasteiger partial charge in [-0.05, 0) is 26.0 Å². The van der Waals surface area contributed by atoms with Gasteiger partial charge in [-0.1, -0.05) is 35.5 Å². The van der Waals surface area contributed by atoms with E-state index in [1.54, 1.807) is 23.1 Å². The summed E-state index contributed by atoms with van der Waals surface area (Å²) in [4.78, 5) is 18.2. The number of fused-ring (bicyclic) bond motifs is 1. The molecule has 0 unspecified atom stereocenters. The number of oxazole rings is 1. The fourth-order valence-electron chi connectivity index (χ4n) is 1.86. The second kappa shape index (κ2) is 7.00. The first-order valence-corrected chi connectivity index (χ1v) is 7.97. The van der Waals surface area contributed by atoms with Crippen molar-refractivity contribution < 1.29 is 9.21 Å². The number of amides is 1. The first-order chi connectivity index (χ1) is 9.99. The van der Waals surface area contributed by atoms with Gasteiger partial charge in [-0.25, -0.2) is 4.98 Å². The molecule has 0 saturated heterocycles. The number of thioether (sulfide) groups is 1. The molecule has 0 radical (unpaired) electrons. The number of hydrogen-bond donors (Lipinski definition) is 0. The highest BCUT2D eigenvalue weighted by molar-refractivity contribution is 7.99. The van der Waals surface area contributed by atoms with Crippen LogP contribution in [0.25, 0.3) is 11.1 Å². The zero-order valence-corrected chi connectivity index (χ0v) is 13.6. The van der Waals surface area contributed by atoms with Crippen molar-refractivity contribution in [1.82, 2.24) is 9.88 Å². The summed E-state index contributed by atoms with van der Waals surface area (Å²) in [6.45, 7) is 8.94. The van der Waals surface area contributed by atoms with Crippen LogP contribution in [0.2, 0.25) is 5.02 Å². The Morgan fingerprint density at radius 2 is 2.29 bits per heavy atom. The molecule has 0 aliphatic heterocycles. The molecule has 1 aromatic carbocycles. The predicted molar refractivity (Wildman–Crippen MR) is 86.8 cm³/mol. The van der Waals surface area contributed by atoms with E-state index in [9.17, 15) is 4.79 Å². The summed E-state index contributed by atoms with van der Waals surface area (Å²) in [7, 11) is 0. The molecule has 2 aromatic rings. The predicted octanol–water partition coefficient (Wildman–Crippen LogP) is 4.00. The Morgan fingerprint density at radius 1 is 1.52 bits per heavy atom. The maximum Gasteiger partial charge on any atom is 0.257 e. The number of aromatic nitrogens is 1. The molecule has 1 heterocycles. The molecule has 0 saturated carbocycles. The molecule has 0 spiro atoms. The normalized spacial score (nSPS) is 10.8. The van der Waals surface area contributed by atoms with E-state index >= 15 is 0 Å². The Kier molecular flexibility index (Phi) is 5.31. The molecular formula is C15H17ClN2O2S. The van der Waals surface area contributed by atoms with Crippen molar-refractivity contribution >= 4 is 40.4 Å². The highest BCUT2D eigenvalue weighted by Gasteiger charge is 2.14. The lowest BCUT2D eigenvalue weighted by Gasteiger charge is -2.20. The lowest BCUT2D eigenvalue weighted by Crippen LogP contribution is -2.33. The van der Waals surface area contributed by atoms with Crippen LogP contribution in [0.15, 0.2) is 40.0 Å². The van der Waals surface area contributed by atoms with Crippen LogP contribution < -0.4 is 0 Å². The molecular weight excluding hydrogens is 308 g/mol. The van der Waals surface area contributed by atoms with E-state index in [0.717, 1.165) is 11.1 Å². The summed E-state index contributed by atoms with van der Waals surface area (Å²) >= 11 is 7.19. The number of carbonyl (C=O) groups is 1. The van der Waals surface area contributed by atoms with Crippen molar-refractivity contribution in [3.63, 3.8) is 0 Å². The average molecular weight is 325 g/mol. The number of hydrogen-bond acceptors (Lipinski definition) is 4. The SMILES string of the molecule is C=C(C)CN(CC)C(=O)CSc1nc2ccc(Cl)cc2o1. The van der Waals surface area contributed by atoms with Crippen LogP contribution in [0.4, 0.5) is 0 Å². The van der Waals surface area contributed by atoms with Crippen LogP contribution in [0, 0.1) is 0 Å². The van der Waals surface area contributed by atoms with E-state index in [2.05, 4.69) is 11.6 Å². The summed E-state index contributed by atoms with van der Waals surface area (Å²) in [6, 6.07) is 5.28. The van der Waals surface area contributed by atoms with E-state index in [4.69, 9.17) is 16.0 Å². The number of nitrogens with zero attached hydrogens (tertiary/aromatic N) is 2. The molecule has 21 heavy (non-hydrogen) atoms. The van der Waals surface area contributed by atoms with Gasteiger partial charge in [0.2, 0.25) is 5.91 Å². The third-order valence-electron chi connectivity index (χ3n) is 2.85. The van der Waals surface area contributed by atoms with E-state index in [1.165, 1.54) is 11.8 Å². The zero-order chi connectivity index (χ0) is 15.4. The van der Waals surface area contributed by atoms with Gasteiger partial charge in [0.1, 0.15) is 5.52 Å². The minimum absolute atomic E-state index is 0.0470. The van der Waals surface area contributed by atoms with Crippen molar-refractivity contribution in [3.05, 3.63) is 35.4 Å². The van der Waals surface area contributed by atoms with Crippen LogP contribution in [0.5, 0.6) is 0 Å². The summed E-state index contributed by atoms with van der Waals surface area (Å²) in [5, 5.41) is 1.08. The molecule has 4 nitrogen and oxygen atoms in total. The molecule has 2 rings (SSSR count). The molecule has 112 valence electrons. The van der Waals surface area contributed by atoms with Crippen LogP contribution in [0.3, 0.4) is 0 Å². The van der Waals surface area contributed by atoms with Gasteiger partial charge < -0.3 is 9.32 Å². The van der Waals surface area contributed by atoms with Crippen LogP contribution in [-0.2, 0) is 4.79 Å². The molecule has 6 heteroatoms. The van der Waals surface area contributed by atoms with Gasteiger partial charge in [0.05, 0.1) is 5.75 Å². The number of halogens is 1. The van der Waals surface area contributed by atoms with Gasteiger partial charge in [0, 0.05) is 24.2 Å². The molecule has 0 aliphatic carbocycles. The van der Waals surface area contributed by atoms with Crippen LogP contribution in [-0.4, -0.2) is 34.6 Å². The second-order valence-corrected chi connectivity index (χ2v) is 6.11. The molecule has 0 fully saturated rings. The van der Waals surface area contributed by atoms with Crippen molar-refractivity contribution in [2.45, 2.75) is 19.1 Å². The van der Waals surface area contributed by atoms with Gasteiger partial charge in [-0.2, -0.15) is 0 Å². The van der Waals surface area contributed by atoms with Gasteiger partial charge >= 0.3 is 0 Å². The smallest absolute Gasteiger partial charge is 0.257 e. The largest absolute Gasteiger partial charge is 0.431 e. The average Bonchev–Trinajstić information content (AvgIpc) is 2.83. The third kappa shape index (κ3) is 4.25. The molecule has 0 atom stereocenters. The van der Waals surface area contributed by atoms with E-state index in [1.807, 2.05) is 13.8 Å². The van der Waals surface area contributed by atoms with Gasteiger partial charge in [-0.15, -0.1) is 0 Å². The Bertz CT molecular complexity index is 669. The molecule has 1 amide bonds. The first kappa shape index (κ1) is 15.9. The molecule has 0 N–H and O–H groups in total. The highest BCUT2D eigenvalue weighted by atomic mass is 35.5. The van der Waals surface area contributed by atoms with Gasteiger partial charge in [-0.3, -0.25) is 4.79 Å². The topological polar surface area (TPSA) is 46.3 Å². The highest BCUT2D eigenvalue weighted by Crippen LogP contribution is 2.25. The molecule has 1 aromatic heterocycles. The number of rotatable bonds is 6. The number of carbonyl (C=O) groups excluding carboxylic acids is 1. The Balaban J connectivity index is 2.00. The lowest BCUT2D eigenvalue weighted by atomic mass is 10.3. The van der Waals surface area contributed by atoms with Crippen molar-refractivity contribution in [2.75, 3.05) is 18.8 Å². The summed E-state index contributed by atoms with van der Waals surface area (Å²) < 4.78 is 5.57. The number of likely N-dealkylation sites (N-methyl/N-ethyl adjacent to an activating group) is 1. The second-order valence-electron chi connectivity index (χ2n) is 4.75. The fraction of sp³-hybridized carbons (Fsp3) is 0.333. The van der Waals surface area contributed by atoms with E-state index in [0.29, 0.717) is 34.7 Å². The summed E-state index contributed by atoms with van der Waals surface area (Å²) in [5.74, 6) is 0.340. The van der Waals surface area contributed by atoms with Crippen molar-refractivity contribution in [1.29, 1.82) is 0 Å². The lowest BCUT2D eigenvalue weighted by molar-refractivity contribution is -0.127. The maximum atomic E-state index is 12.1. The van der Waals surface area contributed by atoms with Gasteiger partial charge in [0.15, 0.2) is 5.58 Å².